The van der Waals surface area contributed by atoms with E-state index in [4.69, 9.17) is 0 Å². The van der Waals surface area contributed by atoms with E-state index in [0.717, 1.165) is 12.8 Å². The van der Waals surface area contributed by atoms with Crippen LogP contribution >= 0.6 is 0 Å². The van der Waals surface area contributed by atoms with E-state index in [1.165, 1.54) is 41.6 Å². The second kappa shape index (κ2) is 14.4. The Balaban J connectivity index is 0. The molecule has 1 radical (unpaired) electrons. The maximum absolute atomic E-state index is 3.60. The van der Waals surface area contributed by atoms with Gasteiger partial charge in [-0.05, 0) is 0 Å². The first kappa shape index (κ1) is 24.1. The first-order valence-electron chi connectivity index (χ1n) is 8.31. The Hall–Kier alpha value is -0.157. The maximum Gasteiger partial charge on any atom is 3.00 e. The van der Waals surface area contributed by atoms with E-state index in [-0.39, 0.29) is 26.2 Å². The first-order valence-corrected chi connectivity index (χ1v) is 8.31. The number of allylic oxidation sites excluding steroid dienone is 8. The average Bonchev–Trinajstić information content (AvgIpc) is 3.06. The van der Waals surface area contributed by atoms with E-state index in [2.05, 4.69) is 72.8 Å². The molecular weight excluding hydrogens is 343 g/mol. The van der Waals surface area contributed by atoms with E-state index in [1.54, 1.807) is 0 Å². The standard InChI is InChI=1S/C9H13.C8H11.C4H9.Zr/c1-6-5-7(2)9(4)8(6)3;1-2-5-8-6-3-4-7-8;1-3-4-2;/h6H,1-4H3;3,6H,2,4-5H2,1H3;1,3-4H2,2H3;/q3*-1;+3. The van der Waals surface area contributed by atoms with Crippen LogP contribution in [0.25, 0.3) is 0 Å². The maximum atomic E-state index is 3.60. The minimum atomic E-state index is 0. The summed E-state index contributed by atoms with van der Waals surface area (Å²) in [5.41, 5.74) is 5.64. The van der Waals surface area contributed by atoms with Crippen molar-refractivity contribution in [3.05, 3.63) is 53.5 Å². The minimum Gasteiger partial charge on any atom is -0.343 e. The van der Waals surface area contributed by atoms with Gasteiger partial charge >= 0.3 is 26.2 Å². The summed E-state index contributed by atoms with van der Waals surface area (Å²) in [4.78, 5) is 0. The van der Waals surface area contributed by atoms with Crippen LogP contribution in [0.4, 0.5) is 0 Å². The van der Waals surface area contributed by atoms with Crippen LogP contribution in [0.1, 0.15) is 73.6 Å². The van der Waals surface area contributed by atoms with Gasteiger partial charge in [0.05, 0.1) is 0 Å². The predicted octanol–water partition coefficient (Wildman–Crippen LogP) is 6.82. The summed E-state index contributed by atoms with van der Waals surface area (Å²) in [6.45, 7) is 16.6. The van der Waals surface area contributed by atoms with Crippen LogP contribution in [-0.4, -0.2) is 0 Å². The molecule has 1 unspecified atom stereocenters. The molecular formula is C21H33Zr. The van der Waals surface area contributed by atoms with Gasteiger partial charge in [0.1, 0.15) is 0 Å². The number of hydrogen-bond acceptors (Lipinski definition) is 0. The smallest absolute Gasteiger partial charge is 0.343 e. The molecule has 2 aliphatic carbocycles. The zero-order valence-corrected chi connectivity index (χ0v) is 17.9. The zero-order chi connectivity index (χ0) is 16.3. The first-order chi connectivity index (χ1) is 9.97. The second-order valence-electron chi connectivity index (χ2n) is 5.71. The summed E-state index contributed by atoms with van der Waals surface area (Å²) < 4.78 is 0. The molecule has 0 saturated heterocycles. The molecule has 1 heteroatoms. The third-order valence-electron chi connectivity index (χ3n) is 3.88. The van der Waals surface area contributed by atoms with E-state index < -0.39 is 0 Å². The molecule has 0 bridgehead atoms. The van der Waals surface area contributed by atoms with Crippen molar-refractivity contribution in [2.45, 2.75) is 73.6 Å². The van der Waals surface area contributed by atoms with E-state index in [9.17, 15) is 0 Å². The summed E-state index contributed by atoms with van der Waals surface area (Å²) in [6, 6.07) is 0. The molecule has 2 rings (SSSR count). The molecule has 1 atom stereocenters. The van der Waals surface area contributed by atoms with Gasteiger partial charge in [-0.15, -0.1) is 13.3 Å². The second-order valence-corrected chi connectivity index (χ2v) is 5.71. The van der Waals surface area contributed by atoms with Gasteiger partial charge in [-0.1, -0.05) is 59.8 Å². The fourth-order valence-corrected chi connectivity index (χ4v) is 2.05. The summed E-state index contributed by atoms with van der Waals surface area (Å²) in [5.74, 6) is 0.560. The summed E-state index contributed by atoms with van der Waals surface area (Å²) in [5, 5.41) is 0. The van der Waals surface area contributed by atoms with Gasteiger partial charge in [0, 0.05) is 0 Å². The molecule has 0 nitrogen and oxygen atoms in total. The quantitative estimate of drug-likeness (QED) is 0.474. The molecule has 121 valence electrons. The molecule has 2 aliphatic rings. The van der Waals surface area contributed by atoms with Crippen LogP contribution in [0.15, 0.2) is 34.4 Å². The molecule has 0 amide bonds. The van der Waals surface area contributed by atoms with Gasteiger partial charge in [0.25, 0.3) is 0 Å². The normalized spacial score (nSPS) is 18.6. The van der Waals surface area contributed by atoms with Crippen molar-refractivity contribution in [2.24, 2.45) is 5.92 Å². The SMILES string of the molecule is CC1=[C-]C(C)C(C)=C1C.CCCC1=[C-]CC=C1.[CH2-]CCC.[Zr+3]. The minimum absolute atomic E-state index is 0. The van der Waals surface area contributed by atoms with Gasteiger partial charge in [-0.2, -0.15) is 23.6 Å². The zero-order valence-electron chi connectivity index (χ0n) is 15.5. The van der Waals surface area contributed by atoms with Crippen LogP contribution in [0.3, 0.4) is 0 Å². The fraction of sp³-hybridized carbons (Fsp3) is 0.571. The monoisotopic (exact) mass is 375 g/mol. The van der Waals surface area contributed by atoms with Gasteiger partial charge in [0.15, 0.2) is 0 Å². The number of hydrogen-bond donors (Lipinski definition) is 0. The number of unbranched alkanes of at least 4 members (excludes halogenated alkanes) is 1. The van der Waals surface area contributed by atoms with Crippen molar-refractivity contribution in [2.75, 3.05) is 0 Å². The summed E-state index contributed by atoms with van der Waals surface area (Å²) >= 11 is 0. The Morgan fingerprint density at radius 2 is 1.77 bits per heavy atom. The van der Waals surface area contributed by atoms with Crippen LogP contribution < -0.4 is 0 Å². The fourth-order valence-electron chi connectivity index (χ4n) is 2.05. The molecule has 0 aromatic carbocycles. The Labute approximate surface area is 159 Å². The van der Waals surface area contributed by atoms with E-state index >= 15 is 0 Å². The van der Waals surface area contributed by atoms with Gasteiger partial charge in [0.2, 0.25) is 0 Å². The van der Waals surface area contributed by atoms with Crippen LogP contribution in [0, 0.1) is 25.0 Å². The van der Waals surface area contributed by atoms with Crippen LogP contribution in [0.2, 0.25) is 0 Å². The van der Waals surface area contributed by atoms with Gasteiger partial charge in [-0.3, -0.25) is 12.2 Å². The van der Waals surface area contributed by atoms with Gasteiger partial charge < -0.3 is 6.92 Å². The molecule has 0 aromatic heterocycles. The van der Waals surface area contributed by atoms with Gasteiger partial charge in [-0.25, -0.2) is 17.2 Å². The summed E-state index contributed by atoms with van der Waals surface area (Å²) in [7, 11) is 0. The molecule has 0 N–H and O–H groups in total. The van der Waals surface area contributed by atoms with Crippen molar-refractivity contribution in [1.29, 1.82) is 0 Å². The third kappa shape index (κ3) is 9.78. The van der Waals surface area contributed by atoms with Crippen molar-refractivity contribution in [3.63, 3.8) is 0 Å². The number of rotatable bonds is 3. The molecule has 0 spiro atoms. The largest absolute Gasteiger partial charge is 3.00 e. The molecule has 22 heavy (non-hydrogen) atoms. The average molecular weight is 377 g/mol. The predicted molar refractivity (Wildman–Crippen MR) is 95.7 cm³/mol. The Kier molecular flexibility index (Phi) is 15.8. The molecule has 0 saturated carbocycles. The Morgan fingerprint density at radius 3 is 2.00 bits per heavy atom. The van der Waals surface area contributed by atoms with Crippen molar-refractivity contribution in [1.82, 2.24) is 0 Å². The Bertz CT molecular complexity index is 406. The van der Waals surface area contributed by atoms with E-state index in [0.29, 0.717) is 5.92 Å². The molecule has 0 fully saturated rings. The van der Waals surface area contributed by atoms with Crippen molar-refractivity contribution in [3.8, 4) is 0 Å². The Morgan fingerprint density at radius 1 is 1.18 bits per heavy atom. The van der Waals surface area contributed by atoms with Crippen LogP contribution in [0.5, 0.6) is 0 Å². The summed E-state index contributed by atoms with van der Waals surface area (Å²) in [6.07, 6.45) is 16.7. The van der Waals surface area contributed by atoms with Crippen LogP contribution in [-0.2, 0) is 26.2 Å². The van der Waals surface area contributed by atoms with Crippen molar-refractivity contribution >= 4 is 0 Å². The molecule has 0 heterocycles. The topological polar surface area (TPSA) is 0 Å². The molecule has 0 aromatic rings. The molecule has 0 aliphatic heterocycles. The third-order valence-corrected chi connectivity index (χ3v) is 3.88. The van der Waals surface area contributed by atoms with Crippen molar-refractivity contribution < 1.29 is 26.2 Å². The van der Waals surface area contributed by atoms with E-state index in [1.807, 2.05) is 0 Å².